The van der Waals surface area contributed by atoms with Crippen molar-refractivity contribution >= 4 is 11.0 Å². The molecule has 100 valence electrons. The summed E-state index contributed by atoms with van der Waals surface area (Å²) in [6.45, 7) is 3.82. The Morgan fingerprint density at radius 3 is 2.25 bits per heavy atom. The van der Waals surface area contributed by atoms with Crippen LogP contribution < -0.4 is 11.3 Å². The number of aryl methyl sites for hydroxylation is 2. The molecule has 4 nitrogen and oxygen atoms in total. The van der Waals surface area contributed by atoms with Gasteiger partial charge in [-0.25, -0.2) is 9.36 Å². The highest BCUT2D eigenvalue weighted by Crippen LogP contribution is 2.12. The highest BCUT2D eigenvalue weighted by atomic mass is 16.4. The predicted octanol–water partition coefficient (Wildman–Crippen LogP) is 2.56. The van der Waals surface area contributed by atoms with Crippen LogP contribution in [0.5, 0.6) is 0 Å². The summed E-state index contributed by atoms with van der Waals surface area (Å²) in [4.78, 5) is 24.5. The van der Waals surface area contributed by atoms with Crippen molar-refractivity contribution in [2.75, 3.05) is 0 Å². The minimum Gasteiger partial charge on any atom is -0.409 e. The first-order valence-electron chi connectivity index (χ1n) is 6.30. The third-order valence-corrected chi connectivity index (χ3v) is 3.24. The van der Waals surface area contributed by atoms with E-state index >= 15 is 0 Å². The van der Waals surface area contributed by atoms with Gasteiger partial charge in [-0.2, -0.15) is 0 Å². The van der Waals surface area contributed by atoms with Gasteiger partial charge >= 0.3 is 5.76 Å². The lowest BCUT2D eigenvalue weighted by molar-refractivity contribution is 0.503. The normalized spacial score (nSPS) is 10.9. The van der Waals surface area contributed by atoms with Gasteiger partial charge < -0.3 is 4.42 Å². The van der Waals surface area contributed by atoms with Crippen LogP contribution >= 0.6 is 0 Å². The van der Waals surface area contributed by atoms with Gasteiger partial charge in [0.15, 0.2) is 0 Å². The van der Waals surface area contributed by atoms with Crippen LogP contribution in [-0.2, 0) is 0 Å². The fraction of sp³-hybridized carbons (Fsp3) is 0.125. The summed E-state index contributed by atoms with van der Waals surface area (Å²) in [7, 11) is 0. The number of aromatic nitrogens is 1. The molecule has 0 aliphatic rings. The van der Waals surface area contributed by atoms with Crippen molar-refractivity contribution in [3.63, 3.8) is 0 Å². The lowest BCUT2D eigenvalue weighted by Crippen LogP contribution is -2.30. The first-order valence-corrected chi connectivity index (χ1v) is 6.30. The monoisotopic (exact) mass is 267 g/mol. The predicted molar refractivity (Wildman–Crippen MR) is 77.6 cm³/mol. The Labute approximate surface area is 114 Å². The summed E-state index contributed by atoms with van der Waals surface area (Å²) in [5, 5.41) is 0.399. The molecule has 0 saturated carbocycles. The highest BCUT2D eigenvalue weighted by Gasteiger charge is 2.11. The van der Waals surface area contributed by atoms with Crippen LogP contribution in [0.15, 0.2) is 56.5 Å². The number of rotatable bonds is 1. The summed E-state index contributed by atoms with van der Waals surface area (Å²) in [5.41, 5.74) is 2.47. The van der Waals surface area contributed by atoms with Crippen molar-refractivity contribution in [1.29, 1.82) is 0 Å². The van der Waals surface area contributed by atoms with Gasteiger partial charge in [0, 0.05) is 0 Å². The minimum atomic E-state index is -0.669. The Morgan fingerprint density at radius 2 is 1.55 bits per heavy atom. The van der Waals surface area contributed by atoms with Gasteiger partial charge in [-0.05, 0) is 43.7 Å². The topological polar surface area (TPSA) is 52.2 Å². The van der Waals surface area contributed by atoms with Crippen LogP contribution in [-0.4, -0.2) is 4.57 Å². The second kappa shape index (κ2) is 4.49. The van der Waals surface area contributed by atoms with Crippen molar-refractivity contribution in [2.24, 2.45) is 0 Å². The van der Waals surface area contributed by atoms with Crippen molar-refractivity contribution in [3.8, 4) is 5.69 Å². The maximum Gasteiger partial charge on any atom is 0.426 e. The second-order valence-corrected chi connectivity index (χ2v) is 4.84. The van der Waals surface area contributed by atoms with Crippen LogP contribution in [0.2, 0.25) is 0 Å². The van der Waals surface area contributed by atoms with E-state index in [1.807, 2.05) is 32.0 Å². The molecule has 3 rings (SSSR count). The Bertz CT molecular complexity index is 902. The average molecular weight is 267 g/mol. The zero-order valence-corrected chi connectivity index (χ0v) is 11.2. The van der Waals surface area contributed by atoms with Gasteiger partial charge in [0.2, 0.25) is 0 Å². The lowest BCUT2D eigenvalue weighted by Gasteiger charge is -2.06. The molecule has 2 aromatic carbocycles. The van der Waals surface area contributed by atoms with E-state index in [2.05, 4.69) is 0 Å². The molecule has 0 fully saturated rings. The number of nitrogens with zero attached hydrogens (tertiary/aromatic N) is 1. The Morgan fingerprint density at radius 1 is 0.900 bits per heavy atom. The van der Waals surface area contributed by atoms with E-state index in [4.69, 9.17) is 4.42 Å². The van der Waals surface area contributed by atoms with Crippen LogP contribution in [0.25, 0.3) is 16.7 Å². The third-order valence-electron chi connectivity index (χ3n) is 3.24. The smallest absolute Gasteiger partial charge is 0.409 e. The molecule has 0 N–H and O–H groups in total. The lowest BCUT2D eigenvalue weighted by atomic mass is 10.2. The van der Waals surface area contributed by atoms with Crippen molar-refractivity contribution in [1.82, 2.24) is 4.57 Å². The van der Waals surface area contributed by atoms with Crippen LogP contribution in [0, 0.1) is 13.8 Å². The molecule has 0 aliphatic carbocycles. The van der Waals surface area contributed by atoms with E-state index in [1.165, 1.54) is 0 Å². The molecule has 1 aromatic heterocycles. The van der Waals surface area contributed by atoms with Gasteiger partial charge in [-0.1, -0.05) is 23.8 Å². The summed E-state index contributed by atoms with van der Waals surface area (Å²) < 4.78 is 6.30. The Hall–Kier alpha value is -2.62. The van der Waals surface area contributed by atoms with E-state index in [9.17, 15) is 9.59 Å². The van der Waals surface area contributed by atoms with Crippen LogP contribution in [0.1, 0.15) is 11.1 Å². The number of benzene rings is 2. The first kappa shape index (κ1) is 12.4. The fourth-order valence-electron chi connectivity index (χ4n) is 2.15. The first-order chi connectivity index (χ1) is 9.56. The highest BCUT2D eigenvalue weighted by molar-refractivity contribution is 5.76. The van der Waals surface area contributed by atoms with E-state index < -0.39 is 5.76 Å². The molecule has 0 amide bonds. The second-order valence-electron chi connectivity index (χ2n) is 4.84. The van der Waals surface area contributed by atoms with E-state index in [-0.39, 0.29) is 5.56 Å². The van der Waals surface area contributed by atoms with Crippen LogP contribution in [0.4, 0.5) is 0 Å². The Kier molecular flexibility index (Phi) is 2.79. The summed E-state index contributed by atoms with van der Waals surface area (Å²) in [6.07, 6.45) is 0. The van der Waals surface area contributed by atoms with Crippen molar-refractivity contribution < 1.29 is 4.42 Å². The molecule has 0 atom stereocenters. The van der Waals surface area contributed by atoms with E-state index in [1.54, 1.807) is 24.3 Å². The molecule has 1 heterocycles. The van der Waals surface area contributed by atoms with Crippen molar-refractivity contribution in [3.05, 3.63) is 74.5 Å². The largest absolute Gasteiger partial charge is 0.426 e. The van der Waals surface area contributed by atoms with E-state index in [0.717, 1.165) is 15.7 Å². The molecule has 0 radical (unpaired) electrons. The molecule has 0 aliphatic heterocycles. The fourth-order valence-corrected chi connectivity index (χ4v) is 2.15. The number of fused-ring (bicyclic) bond motifs is 1. The molecule has 0 saturated heterocycles. The maximum atomic E-state index is 12.4. The average Bonchev–Trinajstić information content (AvgIpc) is 2.40. The Balaban J connectivity index is 2.37. The summed E-state index contributed by atoms with van der Waals surface area (Å²) >= 11 is 0. The molecule has 0 bridgehead atoms. The summed E-state index contributed by atoms with van der Waals surface area (Å²) in [5.74, 6) is -0.669. The third kappa shape index (κ3) is 1.95. The van der Waals surface area contributed by atoms with Crippen molar-refractivity contribution in [2.45, 2.75) is 13.8 Å². The SMILES string of the molecule is Cc1ccc(-n2c(=O)oc3cc(C)ccc3c2=O)cc1. The quantitative estimate of drug-likeness (QED) is 0.681. The standard InChI is InChI=1S/C16H13NO3/c1-10-3-6-12(7-4-10)17-15(18)13-8-5-11(2)9-14(13)20-16(17)19/h3-9H,1-2H3. The molecule has 3 aromatic rings. The molecule has 20 heavy (non-hydrogen) atoms. The zero-order valence-electron chi connectivity index (χ0n) is 11.2. The van der Waals surface area contributed by atoms with Gasteiger partial charge in [0.05, 0.1) is 11.1 Å². The number of hydrogen-bond donors (Lipinski definition) is 0. The molecular formula is C16H13NO3. The van der Waals surface area contributed by atoms with Gasteiger partial charge in [-0.3, -0.25) is 4.79 Å². The van der Waals surface area contributed by atoms with E-state index in [0.29, 0.717) is 16.7 Å². The van der Waals surface area contributed by atoms with Gasteiger partial charge in [0.1, 0.15) is 5.58 Å². The molecule has 4 heteroatoms. The van der Waals surface area contributed by atoms with Crippen LogP contribution in [0.3, 0.4) is 0 Å². The van der Waals surface area contributed by atoms with Gasteiger partial charge in [0.25, 0.3) is 5.56 Å². The van der Waals surface area contributed by atoms with Gasteiger partial charge in [-0.15, -0.1) is 0 Å². The number of hydrogen-bond acceptors (Lipinski definition) is 3. The maximum absolute atomic E-state index is 12.4. The minimum absolute atomic E-state index is 0.323. The molecule has 0 spiro atoms. The zero-order chi connectivity index (χ0) is 14.3. The molecular weight excluding hydrogens is 254 g/mol. The molecule has 0 unspecified atom stereocenters. The summed E-state index contributed by atoms with van der Waals surface area (Å²) in [6, 6.07) is 12.4.